The van der Waals surface area contributed by atoms with Gasteiger partial charge in [0.05, 0.1) is 19.1 Å². The molecule has 32 heavy (non-hydrogen) atoms. The van der Waals surface area contributed by atoms with Crippen molar-refractivity contribution in [2.24, 2.45) is 11.5 Å². The van der Waals surface area contributed by atoms with Gasteiger partial charge in [0.25, 0.3) is 0 Å². The SMILES string of the molecule is CC(N)C(=O)NC(CO)C(=O)NC(CC(N)=O)C(=O)NC(Cc1ccc(O)cc1)C(=O)O. The van der Waals surface area contributed by atoms with E-state index in [0.717, 1.165) is 0 Å². The minimum Gasteiger partial charge on any atom is -0.508 e. The Morgan fingerprint density at radius 1 is 0.906 bits per heavy atom. The summed E-state index contributed by atoms with van der Waals surface area (Å²) in [6.45, 7) is 0.527. The van der Waals surface area contributed by atoms with Crippen molar-refractivity contribution < 1.29 is 39.3 Å². The van der Waals surface area contributed by atoms with Crippen molar-refractivity contribution in [1.82, 2.24) is 16.0 Å². The summed E-state index contributed by atoms with van der Waals surface area (Å²) in [6, 6.07) is 0.186. The number of hydrogen-bond donors (Lipinski definition) is 8. The van der Waals surface area contributed by atoms with Gasteiger partial charge < -0.3 is 42.7 Å². The van der Waals surface area contributed by atoms with Crippen LogP contribution in [0.2, 0.25) is 0 Å². The van der Waals surface area contributed by atoms with Crippen LogP contribution in [0.3, 0.4) is 0 Å². The van der Waals surface area contributed by atoms with Gasteiger partial charge in [-0.05, 0) is 24.6 Å². The number of carbonyl (C=O) groups is 5. The van der Waals surface area contributed by atoms with Crippen LogP contribution in [-0.4, -0.2) is 75.7 Å². The highest BCUT2D eigenvalue weighted by molar-refractivity contribution is 5.96. The van der Waals surface area contributed by atoms with E-state index < -0.39 is 66.8 Å². The van der Waals surface area contributed by atoms with E-state index in [-0.39, 0.29) is 12.2 Å². The Bertz CT molecular complexity index is 843. The van der Waals surface area contributed by atoms with Gasteiger partial charge in [-0.25, -0.2) is 4.79 Å². The van der Waals surface area contributed by atoms with Crippen LogP contribution in [0.25, 0.3) is 0 Å². The molecule has 1 aromatic carbocycles. The van der Waals surface area contributed by atoms with Gasteiger partial charge in [-0.3, -0.25) is 19.2 Å². The first kappa shape index (κ1) is 26.3. The summed E-state index contributed by atoms with van der Waals surface area (Å²) in [5, 5.41) is 34.6. The molecule has 176 valence electrons. The molecule has 0 saturated carbocycles. The van der Waals surface area contributed by atoms with Crippen molar-refractivity contribution in [2.45, 2.75) is 43.9 Å². The van der Waals surface area contributed by atoms with Crippen LogP contribution in [0.4, 0.5) is 0 Å². The van der Waals surface area contributed by atoms with Gasteiger partial charge in [0.1, 0.15) is 23.9 Å². The van der Waals surface area contributed by atoms with Crippen molar-refractivity contribution in [1.29, 1.82) is 0 Å². The van der Waals surface area contributed by atoms with E-state index in [1.54, 1.807) is 0 Å². The van der Waals surface area contributed by atoms with Crippen LogP contribution in [0.5, 0.6) is 5.75 Å². The lowest BCUT2D eigenvalue weighted by Gasteiger charge is -2.23. The Kier molecular flexibility index (Phi) is 10.1. The van der Waals surface area contributed by atoms with Crippen LogP contribution in [0, 0.1) is 0 Å². The summed E-state index contributed by atoms with van der Waals surface area (Å²) in [4.78, 5) is 59.6. The third kappa shape index (κ3) is 8.57. The third-order valence-corrected chi connectivity index (χ3v) is 4.26. The third-order valence-electron chi connectivity index (χ3n) is 4.26. The second-order valence-corrected chi connectivity index (χ2v) is 7.03. The molecule has 13 nitrogen and oxygen atoms in total. The summed E-state index contributed by atoms with van der Waals surface area (Å²) in [6.07, 6.45) is -0.815. The lowest BCUT2D eigenvalue weighted by Crippen LogP contribution is -2.58. The number of carboxylic acid groups (broad SMARTS) is 1. The molecule has 13 heteroatoms. The molecule has 0 radical (unpaired) electrons. The number of phenols is 1. The first-order valence-electron chi connectivity index (χ1n) is 9.51. The van der Waals surface area contributed by atoms with E-state index in [0.29, 0.717) is 5.56 Å². The zero-order chi connectivity index (χ0) is 24.4. The minimum atomic E-state index is -1.57. The summed E-state index contributed by atoms with van der Waals surface area (Å²) in [5.41, 5.74) is 11.0. The average molecular weight is 453 g/mol. The number of phenolic OH excluding ortho intramolecular Hbond substituents is 1. The number of carboxylic acids is 1. The second kappa shape index (κ2) is 12.2. The monoisotopic (exact) mass is 453 g/mol. The molecular formula is C19H27N5O8. The van der Waals surface area contributed by atoms with Crippen molar-refractivity contribution >= 4 is 29.6 Å². The van der Waals surface area contributed by atoms with E-state index in [1.165, 1.54) is 31.2 Å². The number of hydrogen-bond acceptors (Lipinski definition) is 8. The maximum absolute atomic E-state index is 12.6. The highest BCUT2D eigenvalue weighted by Crippen LogP contribution is 2.11. The first-order chi connectivity index (χ1) is 14.9. The quantitative estimate of drug-likeness (QED) is 0.158. The number of primary amides is 1. The highest BCUT2D eigenvalue weighted by atomic mass is 16.4. The molecule has 1 aromatic rings. The predicted octanol–water partition coefficient (Wildman–Crippen LogP) is -3.31. The molecule has 4 unspecified atom stereocenters. The number of amides is 4. The van der Waals surface area contributed by atoms with Gasteiger partial charge >= 0.3 is 5.97 Å². The van der Waals surface area contributed by atoms with Gasteiger partial charge in [0, 0.05) is 6.42 Å². The number of aliphatic hydroxyl groups is 1. The Hall–Kier alpha value is -3.71. The molecule has 0 fully saturated rings. The van der Waals surface area contributed by atoms with Gasteiger partial charge in [-0.2, -0.15) is 0 Å². The molecule has 0 bridgehead atoms. The summed E-state index contributed by atoms with van der Waals surface area (Å²) in [5.74, 6) is -5.13. The Morgan fingerprint density at radius 2 is 1.41 bits per heavy atom. The summed E-state index contributed by atoms with van der Waals surface area (Å²) < 4.78 is 0. The largest absolute Gasteiger partial charge is 0.508 e. The molecule has 4 amide bonds. The zero-order valence-corrected chi connectivity index (χ0v) is 17.3. The molecule has 0 aliphatic rings. The maximum Gasteiger partial charge on any atom is 0.326 e. The fraction of sp³-hybridized carbons (Fsp3) is 0.421. The number of benzene rings is 1. The molecular weight excluding hydrogens is 426 g/mol. The fourth-order valence-electron chi connectivity index (χ4n) is 2.52. The minimum absolute atomic E-state index is 0.0246. The second-order valence-electron chi connectivity index (χ2n) is 7.03. The number of nitrogens with one attached hydrogen (secondary N) is 3. The average Bonchev–Trinajstić information content (AvgIpc) is 2.71. The standard InChI is InChI=1S/C19H27N5O8/c1-9(20)16(28)24-14(8-25)18(30)22-12(7-15(21)27)17(29)23-13(19(31)32)6-10-2-4-11(26)5-3-10/h2-5,9,12-14,25-26H,6-8,20H2,1H3,(H2,21,27)(H,22,30)(H,23,29)(H,24,28)(H,31,32). The predicted molar refractivity (Wildman–Crippen MR) is 110 cm³/mol. The lowest BCUT2D eigenvalue weighted by molar-refractivity contribution is -0.142. The topological polar surface area (TPSA) is 234 Å². The lowest BCUT2D eigenvalue weighted by atomic mass is 10.0. The molecule has 0 aliphatic heterocycles. The first-order valence-corrected chi connectivity index (χ1v) is 9.51. The Morgan fingerprint density at radius 3 is 1.88 bits per heavy atom. The summed E-state index contributed by atoms with van der Waals surface area (Å²) >= 11 is 0. The number of carbonyl (C=O) groups excluding carboxylic acids is 4. The van der Waals surface area contributed by atoms with Crippen LogP contribution in [-0.2, 0) is 30.4 Å². The number of nitrogens with two attached hydrogens (primary N) is 2. The van der Waals surface area contributed by atoms with Gasteiger partial charge in [-0.1, -0.05) is 12.1 Å². The number of aliphatic carboxylic acids is 1. The highest BCUT2D eigenvalue weighted by Gasteiger charge is 2.30. The molecule has 1 rings (SSSR count). The van der Waals surface area contributed by atoms with Crippen molar-refractivity contribution in [3.05, 3.63) is 29.8 Å². The maximum atomic E-state index is 12.6. The van der Waals surface area contributed by atoms with Crippen LogP contribution < -0.4 is 27.4 Å². The molecule has 0 aliphatic carbocycles. The molecule has 0 aromatic heterocycles. The van der Waals surface area contributed by atoms with E-state index in [4.69, 9.17) is 11.5 Å². The molecule has 10 N–H and O–H groups in total. The molecule has 0 saturated heterocycles. The van der Waals surface area contributed by atoms with Crippen LogP contribution in [0.1, 0.15) is 18.9 Å². The van der Waals surface area contributed by atoms with E-state index in [1.807, 2.05) is 0 Å². The van der Waals surface area contributed by atoms with E-state index >= 15 is 0 Å². The van der Waals surface area contributed by atoms with Gasteiger partial charge in [0.2, 0.25) is 23.6 Å². The Balaban J connectivity index is 2.93. The van der Waals surface area contributed by atoms with Crippen molar-refractivity contribution in [3.8, 4) is 5.75 Å². The Labute approximate surface area is 183 Å². The number of aliphatic hydroxyl groups excluding tert-OH is 1. The van der Waals surface area contributed by atoms with Gasteiger partial charge in [0.15, 0.2) is 0 Å². The van der Waals surface area contributed by atoms with Crippen molar-refractivity contribution in [3.63, 3.8) is 0 Å². The van der Waals surface area contributed by atoms with E-state index in [2.05, 4.69) is 16.0 Å². The van der Waals surface area contributed by atoms with E-state index in [9.17, 15) is 39.3 Å². The summed E-state index contributed by atoms with van der Waals surface area (Å²) in [7, 11) is 0. The molecule has 0 heterocycles. The number of rotatable bonds is 12. The normalized spacial score (nSPS) is 14.3. The van der Waals surface area contributed by atoms with Gasteiger partial charge in [-0.15, -0.1) is 0 Å². The molecule has 4 atom stereocenters. The zero-order valence-electron chi connectivity index (χ0n) is 17.3. The number of aromatic hydroxyl groups is 1. The van der Waals surface area contributed by atoms with Crippen LogP contribution >= 0.6 is 0 Å². The fourth-order valence-corrected chi connectivity index (χ4v) is 2.52. The van der Waals surface area contributed by atoms with Crippen molar-refractivity contribution in [2.75, 3.05) is 6.61 Å². The smallest absolute Gasteiger partial charge is 0.326 e. The molecule has 0 spiro atoms. The van der Waals surface area contributed by atoms with Crippen LogP contribution in [0.15, 0.2) is 24.3 Å².